The van der Waals surface area contributed by atoms with E-state index in [1.807, 2.05) is 45.0 Å². The molecule has 2 aromatic rings. The van der Waals surface area contributed by atoms with Crippen molar-refractivity contribution in [1.82, 2.24) is 5.16 Å². The summed E-state index contributed by atoms with van der Waals surface area (Å²) in [6.45, 7) is 9.17. The zero-order chi connectivity index (χ0) is 18.8. The van der Waals surface area contributed by atoms with Crippen LogP contribution in [-0.2, 0) is 10.3 Å². The van der Waals surface area contributed by atoms with E-state index in [1.165, 1.54) is 7.11 Å². The lowest BCUT2D eigenvalue weighted by Crippen LogP contribution is -2.24. The summed E-state index contributed by atoms with van der Waals surface area (Å²) in [5.41, 5.74) is 2.10. The number of benzene rings is 1. The number of hydrogen-bond donors (Lipinski definition) is 1. The van der Waals surface area contributed by atoms with Gasteiger partial charge in [0.05, 0.1) is 24.0 Å². The lowest BCUT2D eigenvalue weighted by Gasteiger charge is -2.26. The van der Waals surface area contributed by atoms with Gasteiger partial charge in [0.25, 0.3) is 0 Å². The number of esters is 1. The van der Waals surface area contributed by atoms with Crippen LogP contribution in [0.25, 0.3) is 12.2 Å². The first-order valence-electron chi connectivity index (χ1n) is 8.24. The van der Waals surface area contributed by atoms with E-state index in [-0.39, 0.29) is 5.92 Å². The van der Waals surface area contributed by atoms with Crippen molar-refractivity contribution in [2.75, 3.05) is 7.11 Å². The third kappa shape index (κ3) is 4.17. The summed E-state index contributed by atoms with van der Waals surface area (Å²) in [6.07, 6.45) is 3.57. The smallest absolute Gasteiger partial charge is 0.338 e. The molecule has 1 aromatic carbocycles. The summed E-state index contributed by atoms with van der Waals surface area (Å²) in [7, 11) is 1.35. The normalized spacial score (nSPS) is 12.2. The van der Waals surface area contributed by atoms with Gasteiger partial charge in [-0.2, -0.15) is 0 Å². The minimum absolute atomic E-state index is 0.116. The molecule has 25 heavy (non-hydrogen) atoms. The van der Waals surface area contributed by atoms with Gasteiger partial charge in [-0.3, -0.25) is 0 Å². The number of carbonyl (C=O) groups excluding carboxylic acids is 1. The Morgan fingerprint density at radius 2 is 2.00 bits per heavy atom. The molecule has 1 aromatic heterocycles. The number of aromatic nitrogens is 1. The fourth-order valence-electron chi connectivity index (χ4n) is 2.87. The second-order valence-corrected chi connectivity index (χ2v) is 6.90. The van der Waals surface area contributed by atoms with Gasteiger partial charge < -0.3 is 14.4 Å². The van der Waals surface area contributed by atoms with Crippen molar-refractivity contribution in [1.29, 1.82) is 0 Å². The first kappa shape index (κ1) is 18.9. The zero-order valence-corrected chi connectivity index (χ0v) is 15.6. The van der Waals surface area contributed by atoms with Gasteiger partial charge in [0.1, 0.15) is 0 Å². The topological polar surface area (TPSA) is 72.6 Å². The number of nitrogens with zero attached hydrogens (tertiary/aromatic N) is 1. The number of carbonyl (C=O) groups is 1. The molecule has 0 saturated heterocycles. The number of ether oxygens (including phenoxy) is 1. The van der Waals surface area contributed by atoms with Crippen molar-refractivity contribution in [3.05, 3.63) is 51.9 Å². The fourth-order valence-corrected chi connectivity index (χ4v) is 2.87. The predicted molar refractivity (Wildman–Crippen MR) is 97.3 cm³/mol. The molecule has 1 heterocycles. The van der Waals surface area contributed by atoms with Gasteiger partial charge in [-0.25, -0.2) is 4.79 Å². The Kier molecular flexibility index (Phi) is 5.48. The van der Waals surface area contributed by atoms with E-state index in [0.29, 0.717) is 16.9 Å². The molecule has 0 spiro atoms. The second kappa shape index (κ2) is 7.23. The van der Waals surface area contributed by atoms with Gasteiger partial charge in [-0.15, -0.1) is 0 Å². The molecule has 5 heteroatoms. The Balaban J connectivity index is 2.67. The number of rotatable bonds is 5. The number of aliphatic hydroxyl groups is 1. The van der Waals surface area contributed by atoms with Crippen LogP contribution in [0.3, 0.4) is 0 Å². The van der Waals surface area contributed by atoms with E-state index in [1.54, 1.807) is 19.9 Å². The van der Waals surface area contributed by atoms with Crippen LogP contribution in [0.5, 0.6) is 0 Å². The average Bonchev–Trinajstić information content (AvgIpc) is 2.95. The van der Waals surface area contributed by atoms with Crippen LogP contribution in [-0.4, -0.2) is 23.3 Å². The zero-order valence-electron chi connectivity index (χ0n) is 15.6. The van der Waals surface area contributed by atoms with E-state index in [4.69, 9.17) is 9.26 Å². The van der Waals surface area contributed by atoms with E-state index in [9.17, 15) is 9.90 Å². The molecule has 0 aliphatic heterocycles. The van der Waals surface area contributed by atoms with Crippen LogP contribution in [0.4, 0.5) is 0 Å². The van der Waals surface area contributed by atoms with E-state index in [0.717, 1.165) is 16.8 Å². The molecule has 0 bridgehead atoms. The minimum atomic E-state index is -1.22. The molecule has 0 amide bonds. The van der Waals surface area contributed by atoms with Crippen LogP contribution >= 0.6 is 0 Å². The van der Waals surface area contributed by atoms with Crippen molar-refractivity contribution in [2.24, 2.45) is 0 Å². The van der Waals surface area contributed by atoms with Gasteiger partial charge >= 0.3 is 5.97 Å². The summed E-state index contributed by atoms with van der Waals surface area (Å²) in [6, 6.07) is 5.61. The molecule has 0 aliphatic carbocycles. The van der Waals surface area contributed by atoms with Crippen LogP contribution in [0.1, 0.15) is 72.1 Å². The molecule has 0 atom stereocenters. The molecular formula is C20H25NO4. The first-order valence-corrected chi connectivity index (χ1v) is 8.24. The lowest BCUT2D eigenvalue weighted by atomic mass is 9.83. The standard InChI is InChI=1S/C20H25NO4/c1-12(2)16-10-8-14(7-9-15-11-13(3)21-25-15)18(20(4,5)23)17(16)19(22)24-6/h7-12,23H,1-6H3/b9-7+. The highest BCUT2D eigenvalue weighted by Gasteiger charge is 2.29. The van der Waals surface area contributed by atoms with Crippen molar-refractivity contribution in [3.63, 3.8) is 0 Å². The van der Waals surface area contributed by atoms with E-state index in [2.05, 4.69) is 5.16 Å². The van der Waals surface area contributed by atoms with Gasteiger partial charge in [-0.1, -0.05) is 37.2 Å². The van der Waals surface area contributed by atoms with Crippen molar-refractivity contribution in [2.45, 2.75) is 46.1 Å². The largest absolute Gasteiger partial charge is 0.465 e. The monoisotopic (exact) mass is 343 g/mol. The maximum atomic E-state index is 12.5. The summed E-state index contributed by atoms with van der Waals surface area (Å²) in [4.78, 5) is 12.5. The highest BCUT2D eigenvalue weighted by Crippen LogP contribution is 2.34. The maximum absolute atomic E-state index is 12.5. The molecule has 5 nitrogen and oxygen atoms in total. The summed E-state index contributed by atoms with van der Waals surface area (Å²) in [5, 5.41) is 14.6. The summed E-state index contributed by atoms with van der Waals surface area (Å²) < 4.78 is 10.2. The van der Waals surface area contributed by atoms with Crippen LogP contribution in [0.15, 0.2) is 22.7 Å². The average molecular weight is 343 g/mol. The second-order valence-electron chi connectivity index (χ2n) is 6.90. The van der Waals surface area contributed by atoms with Gasteiger partial charge in [0.15, 0.2) is 5.76 Å². The molecule has 134 valence electrons. The Hall–Kier alpha value is -2.40. The molecule has 0 radical (unpaired) electrons. The quantitative estimate of drug-likeness (QED) is 0.820. The third-order valence-corrected chi connectivity index (χ3v) is 3.97. The van der Waals surface area contributed by atoms with E-state index < -0.39 is 11.6 Å². The van der Waals surface area contributed by atoms with Crippen molar-refractivity contribution in [3.8, 4) is 0 Å². The number of hydrogen-bond acceptors (Lipinski definition) is 5. The molecule has 0 fully saturated rings. The van der Waals surface area contributed by atoms with Gasteiger partial charge in [-0.05, 0) is 43.9 Å². The highest BCUT2D eigenvalue weighted by atomic mass is 16.5. The Morgan fingerprint density at radius 1 is 1.32 bits per heavy atom. The van der Waals surface area contributed by atoms with Crippen LogP contribution < -0.4 is 0 Å². The molecule has 1 N–H and O–H groups in total. The summed E-state index contributed by atoms with van der Waals surface area (Å²) >= 11 is 0. The number of aryl methyl sites for hydroxylation is 1. The molecule has 0 unspecified atom stereocenters. The van der Waals surface area contributed by atoms with E-state index >= 15 is 0 Å². The SMILES string of the molecule is COC(=O)c1c(C(C)C)ccc(/C=C/c2cc(C)no2)c1C(C)(C)O. The fraction of sp³-hybridized carbons (Fsp3) is 0.400. The molecule has 0 saturated carbocycles. The third-order valence-electron chi connectivity index (χ3n) is 3.97. The Labute approximate surface area is 148 Å². The van der Waals surface area contributed by atoms with Crippen LogP contribution in [0, 0.1) is 6.92 Å². The molecule has 2 rings (SSSR count). The Morgan fingerprint density at radius 3 is 2.48 bits per heavy atom. The maximum Gasteiger partial charge on any atom is 0.338 e. The van der Waals surface area contributed by atoms with Crippen molar-refractivity contribution >= 4 is 18.1 Å². The predicted octanol–water partition coefficient (Wildman–Crippen LogP) is 4.29. The lowest BCUT2D eigenvalue weighted by molar-refractivity contribution is 0.0551. The minimum Gasteiger partial charge on any atom is -0.465 e. The first-order chi connectivity index (χ1) is 11.6. The summed E-state index contributed by atoms with van der Waals surface area (Å²) in [5.74, 6) is 0.267. The number of methoxy groups -OCH3 is 1. The highest BCUT2D eigenvalue weighted by molar-refractivity contribution is 5.95. The molecule has 0 aliphatic rings. The molecular weight excluding hydrogens is 318 g/mol. The van der Waals surface area contributed by atoms with Crippen LogP contribution in [0.2, 0.25) is 0 Å². The van der Waals surface area contributed by atoms with Gasteiger partial charge in [0, 0.05) is 11.6 Å². The van der Waals surface area contributed by atoms with Gasteiger partial charge in [0.2, 0.25) is 0 Å². The van der Waals surface area contributed by atoms with Crippen molar-refractivity contribution < 1.29 is 19.2 Å². The Bertz CT molecular complexity index is 795.